The number of nitrogens with one attached hydrogen (secondary N) is 1. The van der Waals surface area contributed by atoms with Crippen LogP contribution in [0.4, 0.5) is 0 Å². The minimum atomic E-state index is -3.50. The Balaban J connectivity index is 1.76. The minimum Gasteiger partial charge on any atom is -0.207 e. The number of rotatable bonds is 4. The average molecular weight is 431 g/mol. The Labute approximate surface area is 141 Å². The second-order valence-electron chi connectivity index (χ2n) is 5.06. The summed E-state index contributed by atoms with van der Waals surface area (Å²) in [6.45, 7) is 0. The van der Waals surface area contributed by atoms with Gasteiger partial charge in [-0.2, -0.15) is 0 Å². The summed E-state index contributed by atoms with van der Waals surface area (Å²) in [5, 5.41) is 0. The van der Waals surface area contributed by atoms with Gasteiger partial charge in [-0.25, -0.2) is 13.1 Å². The van der Waals surface area contributed by atoms with Crippen molar-refractivity contribution in [3.63, 3.8) is 0 Å². The third-order valence-electron chi connectivity index (χ3n) is 3.51. The van der Waals surface area contributed by atoms with Gasteiger partial charge in [-0.15, -0.1) is 0 Å². The lowest BCUT2D eigenvalue weighted by atomic mass is 10.1. The Bertz CT molecular complexity index is 762. The lowest BCUT2D eigenvalue weighted by Gasteiger charge is -2.08. The fourth-order valence-corrected chi connectivity index (χ4v) is 5.39. The molecule has 2 atom stereocenters. The molecule has 1 aliphatic rings. The van der Waals surface area contributed by atoms with Crippen LogP contribution in [0.25, 0.3) is 0 Å². The summed E-state index contributed by atoms with van der Waals surface area (Å²) in [7, 11) is -3.50. The molecule has 0 aliphatic heterocycles. The molecule has 1 fully saturated rings. The molecule has 110 valence electrons. The van der Waals surface area contributed by atoms with Gasteiger partial charge in [0.25, 0.3) is 0 Å². The predicted octanol–water partition coefficient (Wildman–Crippen LogP) is 4.05. The highest BCUT2D eigenvalue weighted by molar-refractivity contribution is 9.11. The van der Waals surface area contributed by atoms with Gasteiger partial charge >= 0.3 is 0 Å². The van der Waals surface area contributed by atoms with Crippen LogP contribution in [-0.4, -0.2) is 14.5 Å². The fourth-order valence-electron chi connectivity index (χ4n) is 2.35. The van der Waals surface area contributed by atoms with Crippen LogP contribution in [0.5, 0.6) is 0 Å². The van der Waals surface area contributed by atoms with E-state index < -0.39 is 10.0 Å². The van der Waals surface area contributed by atoms with Crippen LogP contribution in [0.1, 0.15) is 17.9 Å². The molecule has 0 spiro atoms. The average Bonchev–Trinajstić information content (AvgIpc) is 3.17. The Morgan fingerprint density at radius 1 is 1.05 bits per heavy atom. The zero-order chi connectivity index (χ0) is 15.0. The van der Waals surface area contributed by atoms with E-state index in [0.717, 1.165) is 10.9 Å². The summed E-state index contributed by atoms with van der Waals surface area (Å²) >= 11 is 6.63. The van der Waals surface area contributed by atoms with Crippen LogP contribution in [0.2, 0.25) is 0 Å². The zero-order valence-electron chi connectivity index (χ0n) is 11.0. The van der Waals surface area contributed by atoms with Crippen molar-refractivity contribution in [2.75, 3.05) is 0 Å². The molecule has 21 heavy (non-hydrogen) atoms. The lowest BCUT2D eigenvalue weighted by Crippen LogP contribution is -2.27. The maximum absolute atomic E-state index is 12.4. The molecule has 2 aromatic carbocycles. The first kappa shape index (κ1) is 15.2. The van der Waals surface area contributed by atoms with Gasteiger partial charge in [0.2, 0.25) is 10.0 Å². The number of hydrogen-bond acceptors (Lipinski definition) is 2. The molecule has 0 heterocycles. The third-order valence-corrected chi connectivity index (χ3v) is 6.47. The van der Waals surface area contributed by atoms with Crippen LogP contribution in [0.3, 0.4) is 0 Å². The van der Waals surface area contributed by atoms with E-state index in [1.54, 1.807) is 18.2 Å². The van der Waals surface area contributed by atoms with Crippen LogP contribution < -0.4 is 4.72 Å². The van der Waals surface area contributed by atoms with E-state index in [2.05, 4.69) is 36.6 Å². The summed E-state index contributed by atoms with van der Waals surface area (Å²) in [6.07, 6.45) is 0.845. The molecule has 0 bridgehead atoms. The molecular weight excluding hydrogens is 418 g/mol. The second-order valence-corrected chi connectivity index (χ2v) is 8.51. The largest absolute Gasteiger partial charge is 0.241 e. The van der Waals surface area contributed by atoms with Gasteiger partial charge in [-0.1, -0.05) is 46.3 Å². The van der Waals surface area contributed by atoms with Gasteiger partial charge in [-0.05, 0) is 46.1 Å². The minimum absolute atomic E-state index is 0.0204. The highest BCUT2D eigenvalue weighted by Crippen LogP contribution is 2.41. The topological polar surface area (TPSA) is 46.2 Å². The third kappa shape index (κ3) is 3.39. The number of benzene rings is 2. The molecule has 0 aromatic heterocycles. The summed E-state index contributed by atoms with van der Waals surface area (Å²) in [6, 6.07) is 15.0. The molecule has 0 amide bonds. The van der Waals surface area contributed by atoms with E-state index >= 15 is 0 Å². The van der Waals surface area contributed by atoms with Crippen molar-refractivity contribution in [2.45, 2.75) is 23.3 Å². The van der Waals surface area contributed by atoms with Gasteiger partial charge in [0, 0.05) is 20.9 Å². The van der Waals surface area contributed by atoms with Gasteiger partial charge in [0.15, 0.2) is 0 Å². The monoisotopic (exact) mass is 429 g/mol. The summed E-state index contributed by atoms with van der Waals surface area (Å²) < 4.78 is 29.0. The van der Waals surface area contributed by atoms with Crippen molar-refractivity contribution < 1.29 is 8.42 Å². The maximum atomic E-state index is 12.4. The van der Waals surface area contributed by atoms with E-state index in [9.17, 15) is 8.42 Å². The molecule has 1 N–H and O–H groups in total. The van der Waals surface area contributed by atoms with Crippen molar-refractivity contribution in [1.29, 1.82) is 0 Å². The molecular formula is C15H13Br2NO2S. The lowest BCUT2D eigenvalue weighted by molar-refractivity contribution is 0.579. The Morgan fingerprint density at radius 2 is 1.76 bits per heavy atom. The highest BCUT2D eigenvalue weighted by Gasteiger charge is 2.41. The Morgan fingerprint density at radius 3 is 2.43 bits per heavy atom. The fraction of sp³-hybridized carbons (Fsp3) is 0.200. The molecule has 0 saturated heterocycles. The van der Waals surface area contributed by atoms with Crippen molar-refractivity contribution in [1.82, 2.24) is 4.72 Å². The van der Waals surface area contributed by atoms with E-state index in [-0.39, 0.29) is 16.9 Å². The second kappa shape index (κ2) is 5.83. The Kier molecular flexibility index (Phi) is 4.23. The predicted molar refractivity (Wildman–Crippen MR) is 89.8 cm³/mol. The van der Waals surface area contributed by atoms with E-state index in [1.165, 1.54) is 5.56 Å². The van der Waals surface area contributed by atoms with Crippen LogP contribution in [-0.2, 0) is 10.0 Å². The quantitative estimate of drug-likeness (QED) is 0.795. The van der Waals surface area contributed by atoms with Gasteiger partial charge in [0.1, 0.15) is 0 Å². The summed E-state index contributed by atoms with van der Waals surface area (Å²) in [5.74, 6) is 0.273. The van der Waals surface area contributed by atoms with Gasteiger partial charge < -0.3 is 0 Å². The molecule has 2 unspecified atom stereocenters. The van der Waals surface area contributed by atoms with Crippen LogP contribution >= 0.6 is 31.9 Å². The summed E-state index contributed by atoms with van der Waals surface area (Å²) in [5.41, 5.74) is 1.18. The first-order valence-corrected chi connectivity index (χ1v) is 9.56. The van der Waals surface area contributed by atoms with Gasteiger partial charge in [0.05, 0.1) is 4.90 Å². The standard InChI is InChI=1S/C15H13Br2NO2S/c16-11-6-7-15(13(17)8-11)21(19,20)18-14-9-12(14)10-4-2-1-3-5-10/h1-8,12,14,18H,9H2. The van der Waals surface area contributed by atoms with Gasteiger partial charge in [-0.3, -0.25) is 0 Å². The highest BCUT2D eigenvalue weighted by atomic mass is 79.9. The van der Waals surface area contributed by atoms with Crippen molar-refractivity contribution in [2.24, 2.45) is 0 Å². The molecule has 6 heteroatoms. The Hall–Kier alpha value is -0.690. The van der Waals surface area contributed by atoms with E-state index in [4.69, 9.17) is 0 Å². The molecule has 1 saturated carbocycles. The maximum Gasteiger partial charge on any atom is 0.241 e. The first-order valence-electron chi connectivity index (χ1n) is 6.50. The molecule has 3 rings (SSSR count). The first-order chi connectivity index (χ1) is 9.97. The van der Waals surface area contributed by atoms with Crippen LogP contribution in [0.15, 0.2) is 62.4 Å². The summed E-state index contributed by atoms with van der Waals surface area (Å²) in [4.78, 5) is 0.268. The molecule has 3 nitrogen and oxygen atoms in total. The van der Waals surface area contributed by atoms with Crippen molar-refractivity contribution in [3.8, 4) is 0 Å². The van der Waals surface area contributed by atoms with E-state index in [1.807, 2.05) is 30.3 Å². The van der Waals surface area contributed by atoms with Crippen LogP contribution in [0, 0.1) is 0 Å². The zero-order valence-corrected chi connectivity index (χ0v) is 14.9. The SMILES string of the molecule is O=S(=O)(NC1CC1c1ccccc1)c1ccc(Br)cc1Br. The number of sulfonamides is 1. The van der Waals surface area contributed by atoms with Crippen molar-refractivity contribution in [3.05, 3.63) is 63.0 Å². The van der Waals surface area contributed by atoms with Crippen molar-refractivity contribution >= 4 is 41.9 Å². The normalized spacial score (nSPS) is 21.2. The molecule has 0 radical (unpaired) electrons. The molecule has 2 aromatic rings. The number of hydrogen-bond donors (Lipinski definition) is 1. The van der Waals surface area contributed by atoms with E-state index in [0.29, 0.717) is 4.47 Å². The molecule has 1 aliphatic carbocycles. The smallest absolute Gasteiger partial charge is 0.207 e. The number of halogens is 2.